The molecule has 19 heavy (non-hydrogen) atoms. The number of imidazole rings is 1. The number of aryl methyl sites for hydroxylation is 1. The van der Waals surface area contributed by atoms with Gasteiger partial charge in [-0.25, -0.2) is 9.37 Å². The first-order valence-electron chi connectivity index (χ1n) is 6.16. The molecule has 1 aromatic heterocycles. The van der Waals surface area contributed by atoms with Crippen molar-refractivity contribution in [3.63, 3.8) is 0 Å². The highest BCUT2D eigenvalue weighted by molar-refractivity contribution is 5.46. The van der Waals surface area contributed by atoms with Crippen molar-refractivity contribution in [3.8, 4) is 0 Å². The van der Waals surface area contributed by atoms with Crippen molar-refractivity contribution in [2.24, 2.45) is 7.05 Å². The number of aromatic nitrogens is 2. The van der Waals surface area contributed by atoms with Crippen LogP contribution in [0.15, 0.2) is 24.4 Å². The van der Waals surface area contributed by atoms with E-state index in [2.05, 4.69) is 10.3 Å². The first-order valence-corrected chi connectivity index (χ1v) is 6.16. The molecule has 0 unspecified atom stereocenters. The molecule has 0 aliphatic heterocycles. The molecule has 0 fully saturated rings. The van der Waals surface area contributed by atoms with Gasteiger partial charge in [-0.05, 0) is 30.7 Å². The molecule has 0 spiro atoms. The molecule has 0 radical (unpaired) electrons. The van der Waals surface area contributed by atoms with E-state index in [-0.39, 0.29) is 5.82 Å². The number of hydrogen-bond donors (Lipinski definition) is 1. The van der Waals surface area contributed by atoms with Gasteiger partial charge in [-0.15, -0.1) is 0 Å². The third kappa shape index (κ3) is 3.05. The van der Waals surface area contributed by atoms with Gasteiger partial charge in [0.25, 0.3) is 0 Å². The van der Waals surface area contributed by atoms with Gasteiger partial charge in [-0.1, -0.05) is 0 Å². The van der Waals surface area contributed by atoms with Crippen molar-refractivity contribution < 1.29 is 4.39 Å². The molecule has 0 amide bonds. The Morgan fingerprint density at radius 2 is 2.05 bits per heavy atom. The molecular formula is C14H19FN4. The number of halogens is 1. The molecule has 1 N–H and O–H groups in total. The van der Waals surface area contributed by atoms with Crippen molar-refractivity contribution in [1.82, 2.24) is 9.55 Å². The fourth-order valence-electron chi connectivity index (χ4n) is 2.04. The van der Waals surface area contributed by atoms with Crippen molar-refractivity contribution in [2.75, 3.05) is 24.3 Å². The molecule has 0 saturated heterocycles. The van der Waals surface area contributed by atoms with Crippen LogP contribution in [0, 0.1) is 12.7 Å². The third-order valence-corrected chi connectivity index (χ3v) is 2.98. The Morgan fingerprint density at radius 3 is 2.63 bits per heavy atom. The van der Waals surface area contributed by atoms with E-state index >= 15 is 0 Å². The highest BCUT2D eigenvalue weighted by atomic mass is 19.1. The van der Waals surface area contributed by atoms with Crippen LogP contribution < -0.4 is 10.2 Å². The van der Waals surface area contributed by atoms with E-state index in [1.807, 2.05) is 49.8 Å². The van der Waals surface area contributed by atoms with Gasteiger partial charge < -0.3 is 14.8 Å². The number of rotatable bonds is 4. The molecule has 1 heterocycles. The van der Waals surface area contributed by atoms with Crippen LogP contribution in [-0.2, 0) is 13.6 Å². The summed E-state index contributed by atoms with van der Waals surface area (Å²) in [6, 6.07) is 4.93. The highest BCUT2D eigenvalue weighted by Crippen LogP contribution is 2.16. The van der Waals surface area contributed by atoms with Crippen LogP contribution in [0.1, 0.15) is 11.3 Å². The zero-order valence-electron chi connectivity index (χ0n) is 11.7. The topological polar surface area (TPSA) is 33.1 Å². The average Bonchev–Trinajstić information content (AvgIpc) is 2.67. The van der Waals surface area contributed by atoms with Crippen molar-refractivity contribution in [2.45, 2.75) is 13.5 Å². The van der Waals surface area contributed by atoms with Gasteiger partial charge in [0.1, 0.15) is 5.82 Å². The second kappa shape index (κ2) is 5.30. The molecule has 0 saturated carbocycles. The van der Waals surface area contributed by atoms with Crippen LogP contribution in [0.5, 0.6) is 0 Å². The third-order valence-electron chi connectivity index (χ3n) is 2.98. The molecule has 102 valence electrons. The minimum absolute atomic E-state index is 0.221. The van der Waals surface area contributed by atoms with E-state index < -0.39 is 0 Å². The molecule has 4 nitrogen and oxygen atoms in total. The van der Waals surface area contributed by atoms with Crippen molar-refractivity contribution >= 4 is 11.6 Å². The van der Waals surface area contributed by atoms with Crippen molar-refractivity contribution in [3.05, 3.63) is 41.5 Å². The lowest BCUT2D eigenvalue weighted by molar-refractivity contribution is 0.627. The molecule has 5 heteroatoms. The van der Waals surface area contributed by atoms with E-state index in [4.69, 9.17) is 0 Å². The number of benzene rings is 1. The van der Waals surface area contributed by atoms with Crippen molar-refractivity contribution in [1.29, 1.82) is 0 Å². The first kappa shape index (κ1) is 13.4. The van der Waals surface area contributed by atoms with Crippen LogP contribution in [0.3, 0.4) is 0 Å². The molecular weight excluding hydrogens is 243 g/mol. The zero-order valence-corrected chi connectivity index (χ0v) is 11.7. The van der Waals surface area contributed by atoms with Crippen LogP contribution in [0.2, 0.25) is 0 Å². The summed E-state index contributed by atoms with van der Waals surface area (Å²) in [7, 11) is 5.88. The van der Waals surface area contributed by atoms with Crippen LogP contribution >= 0.6 is 0 Å². The van der Waals surface area contributed by atoms with Gasteiger partial charge in [0, 0.05) is 26.8 Å². The number of hydrogen-bond acceptors (Lipinski definition) is 3. The van der Waals surface area contributed by atoms with E-state index in [1.54, 1.807) is 0 Å². The van der Waals surface area contributed by atoms with Gasteiger partial charge in [0.15, 0.2) is 0 Å². The monoisotopic (exact) mass is 262 g/mol. The lowest BCUT2D eigenvalue weighted by atomic mass is 10.2. The van der Waals surface area contributed by atoms with Gasteiger partial charge in [-0.2, -0.15) is 0 Å². The summed E-state index contributed by atoms with van der Waals surface area (Å²) in [5, 5.41) is 3.22. The van der Waals surface area contributed by atoms with E-state index in [1.165, 1.54) is 12.1 Å². The molecule has 0 aliphatic rings. The Labute approximate surface area is 112 Å². The van der Waals surface area contributed by atoms with E-state index in [0.717, 1.165) is 22.9 Å². The SMILES string of the molecule is Cc1cc(F)cc(NCc2cnc(N(C)C)n2C)c1. The predicted octanol–water partition coefficient (Wildman–Crippen LogP) is 2.55. The largest absolute Gasteiger partial charge is 0.379 e. The second-order valence-corrected chi connectivity index (χ2v) is 4.87. The van der Waals surface area contributed by atoms with Gasteiger partial charge in [0.2, 0.25) is 5.95 Å². The van der Waals surface area contributed by atoms with Crippen LogP contribution in [-0.4, -0.2) is 23.6 Å². The summed E-state index contributed by atoms with van der Waals surface area (Å²) < 4.78 is 15.3. The molecule has 2 aromatic rings. The number of nitrogens with one attached hydrogen (secondary N) is 1. The lowest BCUT2D eigenvalue weighted by Crippen LogP contribution is -2.15. The molecule has 0 bridgehead atoms. The second-order valence-electron chi connectivity index (χ2n) is 4.87. The Morgan fingerprint density at radius 1 is 1.32 bits per heavy atom. The highest BCUT2D eigenvalue weighted by Gasteiger charge is 2.07. The maximum Gasteiger partial charge on any atom is 0.204 e. The fourth-order valence-corrected chi connectivity index (χ4v) is 2.04. The number of anilines is 2. The predicted molar refractivity (Wildman–Crippen MR) is 76.0 cm³/mol. The summed E-state index contributed by atoms with van der Waals surface area (Å²) in [6.07, 6.45) is 1.83. The lowest BCUT2D eigenvalue weighted by Gasteiger charge is -2.13. The summed E-state index contributed by atoms with van der Waals surface area (Å²) in [4.78, 5) is 6.29. The van der Waals surface area contributed by atoms with Gasteiger partial charge in [0.05, 0.1) is 18.4 Å². The van der Waals surface area contributed by atoms with Gasteiger partial charge >= 0.3 is 0 Å². The first-order chi connectivity index (χ1) is 8.97. The molecule has 1 aromatic carbocycles. The number of nitrogens with zero attached hydrogens (tertiary/aromatic N) is 3. The van der Waals surface area contributed by atoms with Crippen LogP contribution in [0.25, 0.3) is 0 Å². The molecule has 0 aliphatic carbocycles. The van der Waals surface area contributed by atoms with Gasteiger partial charge in [-0.3, -0.25) is 0 Å². The summed E-state index contributed by atoms with van der Waals surface area (Å²) in [5.41, 5.74) is 2.73. The Kier molecular flexibility index (Phi) is 3.74. The molecule has 2 rings (SSSR count). The maximum atomic E-state index is 13.3. The van der Waals surface area contributed by atoms with E-state index in [9.17, 15) is 4.39 Å². The fraction of sp³-hybridized carbons (Fsp3) is 0.357. The maximum absolute atomic E-state index is 13.3. The Hall–Kier alpha value is -2.04. The standard InChI is InChI=1S/C14H19FN4/c1-10-5-11(15)7-12(6-10)16-8-13-9-17-14(18(2)3)19(13)4/h5-7,9,16H,8H2,1-4H3. The average molecular weight is 262 g/mol. The quantitative estimate of drug-likeness (QED) is 0.919. The Bertz CT molecular complexity index is 555. The zero-order chi connectivity index (χ0) is 14.0. The van der Waals surface area contributed by atoms with E-state index in [0.29, 0.717) is 6.54 Å². The minimum Gasteiger partial charge on any atom is -0.379 e. The normalized spacial score (nSPS) is 10.6. The summed E-state index contributed by atoms with van der Waals surface area (Å²) in [6.45, 7) is 2.49. The summed E-state index contributed by atoms with van der Waals surface area (Å²) >= 11 is 0. The minimum atomic E-state index is -0.221. The summed E-state index contributed by atoms with van der Waals surface area (Å²) in [5.74, 6) is 0.675. The molecule has 0 atom stereocenters. The smallest absolute Gasteiger partial charge is 0.204 e. The van der Waals surface area contributed by atoms with Crippen LogP contribution in [0.4, 0.5) is 16.0 Å². The Balaban J connectivity index is 2.10.